The fourth-order valence-electron chi connectivity index (χ4n) is 2.22. The standard InChI is InChI=1S/C16H12N2/c17-11-14(12-6-2-1-3-7-12)16-10-13-8-4-5-9-15(13)18-16/h1-10,14,18H. The SMILES string of the molecule is N#CC(c1ccccc1)c1cc2ccccc2[nH]1. The zero-order valence-electron chi connectivity index (χ0n) is 9.80. The van der Waals surface area contributed by atoms with E-state index in [1.165, 1.54) is 0 Å². The number of aromatic nitrogens is 1. The zero-order chi connectivity index (χ0) is 12.4. The second-order valence-electron chi connectivity index (χ2n) is 4.28. The van der Waals surface area contributed by atoms with Gasteiger partial charge in [-0.25, -0.2) is 0 Å². The van der Waals surface area contributed by atoms with Gasteiger partial charge in [-0.1, -0.05) is 48.5 Å². The van der Waals surface area contributed by atoms with Crippen LogP contribution < -0.4 is 0 Å². The highest BCUT2D eigenvalue weighted by molar-refractivity contribution is 5.80. The summed E-state index contributed by atoms with van der Waals surface area (Å²) in [6, 6.07) is 22.3. The number of benzene rings is 2. The van der Waals surface area contributed by atoms with Crippen LogP contribution in [0.25, 0.3) is 10.9 Å². The summed E-state index contributed by atoms with van der Waals surface area (Å²) < 4.78 is 0. The maximum atomic E-state index is 9.39. The minimum Gasteiger partial charge on any atom is -0.357 e. The molecule has 0 aliphatic carbocycles. The van der Waals surface area contributed by atoms with Crippen molar-refractivity contribution in [3.8, 4) is 6.07 Å². The van der Waals surface area contributed by atoms with Crippen LogP contribution in [0.3, 0.4) is 0 Å². The van der Waals surface area contributed by atoms with E-state index in [9.17, 15) is 5.26 Å². The third kappa shape index (κ3) is 1.76. The lowest BCUT2D eigenvalue weighted by molar-refractivity contribution is 0.992. The molecule has 1 N–H and O–H groups in total. The van der Waals surface area contributed by atoms with Crippen LogP contribution in [0.4, 0.5) is 0 Å². The highest BCUT2D eigenvalue weighted by atomic mass is 14.7. The summed E-state index contributed by atoms with van der Waals surface area (Å²) in [6.07, 6.45) is 0. The summed E-state index contributed by atoms with van der Waals surface area (Å²) in [5, 5.41) is 10.5. The lowest BCUT2D eigenvalue weighted by atomic mass is 9.97. The second-order valence-corrected chi connectivity index (χ2v) is 4.28. The molecule has 2 aromatic carbocycles. The molecule has 86 valence electrons. The molecule has 0 radical (unpaired) electrons. The molecule has 0 fully saturated rings. The zero-order valence-corrected chi connectivity index (χ0v) is 9.80. The lowest BCUT2D eigenvalue weighted by Crippen LogP contribution is -1.97. The number of para-hydroxylation sites is 1. The van der Waals surface area contributed by atoms with Gasteiger partial charge in [-0.05, 0) is 23.1 Å². The number of hydrogen-bond acceptors (Lipinski definition) is 1. The second kappa shape index (κ2) is 4.38. The van der Waals surface area contributed by atoms with Gasteiger partial charge < -0.3 is 4.98 Å². The van der Waals surface area contributed by atoms with E-state index in [0.717, 1.165) is 22.2 Å². The Hall–Kier alpha value is -2.53. The summed E-state index contributed by atoms with van der Waals surface area (Å²) >= 11 is 0. The summed E-state index contributed by atoms with van der Waals surface area (Å²) in [4.78, 5) is 3.32. The molecule has 0 saturated heterocycles. The molecule has 0 bridgehead atoms. The van der Waals surface area contributed by atoms with Gasteiger partial charge in [0.2, 0.25) is 0 Å². The van der Waals surface area contributed by atoms with Gasteiger partial charge in [-0.15, -0.1) is 0 Å². The minimum atomic E-state index is -0.237. The number of aromatic amines is 1. The van der Waals surface area contributed by atoms with Crippen molar-refractivity contribution in [2.45, 2.75) is 5.92 Å². The van der Waals surface area contributed by atoms with Crippen LogP contribution in [0.15, 0.2) is 60.7 Å². The molecule has 0 saturated carbocycles. The van der Waals surface area contributed by atoms with Gasteiger partial charge in [0.15, 0.2) is 0 Å². The van der Waals surface area contributed by atoms with E-state index in [2.05, 4.69) is 23.2 Å². The van der Waals surface area contributed by atoms with Crippen molar-refractivity contribution in [1.82, 2.24) is 4.98 Å². The molecule has 0 spiro atoms. The Balaban J connectivity index is 2.10. The summed E-state index contributed by atoms with van der Waals surface area (Å²) in [5.74, 6) is -0.237. The van der Waals surface area contributed by atoms with Gasteiger partial charge in [-0.2, -0.15) is 5.26 Å². The molecular weight excluding hydrogens is 220 g/mol. The highest BCUT2D eigenvalue weighted by Gasteiger charge is 2.15. The van der Waals surface area contributed by atoms with Crippen molar-refractivity contribution in [3.05, 3.63) is 71.9 Å². The highest BCUT2D eigenvalue weighted by Crippen LogP contribution is 2.26. The average Bonchev–Trinajstić information content (AvgIpc) is 2.84. The quantitative estimate of drug-likeness (QED) is 0.716. The smallest absolute Gasteiger partial charge is 0.111 e. The number of fused-ring (bicyclic) bond motifs is 1. The van der Waals surface area contributed by atoms with Crippen molar-refractivity contribution in [2.75, 3.05) is 0 Å². The van der Waals surface area contributed by atoms with E-state index in [1.807, 2.05) is 48.5 Å². The molecule has 18 heavy (non-hydrogen) atoms. The van der Waals surface area contributed by atoms with Crippen LogP contribution in [0.2, 0.25) is 0 Å². The first kappa shape index (κ1) is 10.6. The fourth-order valence-corrected chi connectivity index (χ4v) is 2.22. The van der Waals surface area contributed by atoms with Crippen molar-refractivity contribution in [2.24, 2.45) is 0 Å². The average molecular weight is 232 g/mol. The van der Waals surface area contributed by atoms with E-state index in [0.29, 0.717) is 0 Å². The van der Waals surface area contributed by atoms with E-state index < -0.39 is 0 Å². The number of nitrogens with one attached hydrogen (secondary N) is 1. The summed E-state index contributed by atoms with van der Waals surface area (Å²) in [7, 11) is 0. The van der Waals surface area contributed by atoms with Crippen LogP contribution in [0.1, 0.15) is 17.2 Å². The van der Waals surface area contributed by atoms with Gasteiger partial charge in [0, 0.05) is 11.2 Å². The maximum absolute atomic E-state index is 9.39. The van der Waals surface area contributed by atoms with Crippen LogP contribution in [0, 0.1) is 11.3 Å². The van der Waals surface area contributed by atoms with E-state index >= 15 is 0 Å². The molecule has 0 aliphatic rings. The molecule has 1 atom stereocenters. The van der Waals surface area contributed by atoms with Crippen molar-refractivity contribution < 1.29 is 0 Å². The predicted octanol–water partition coefficient (Wildman–Crippen LogP) is 3.82. The molecule has 2 heteroatoms. The van der Waals surface area contributed by atoms with Gasteiger partial charge >= 0.3 is 0 Å². The number of rotatable bonds is 2. The Labute approximate surface area is 106 Å². The third-order valence-corrected chi connectivity index (χ3v) is 3.12. The van der Waals surface area contributed by atoms with Gasteiger partial charge in [0.05, 0.1) is 6.07 Å². The first-order chi connectivity index (χ1) is 8.88. The van der Waals surface area contributed by atoms with E-state index in [1.54, 1.807) is 0 Å². The molecule has 0 aliphatic heterocycles. The predicted molar refractivity (Wildman–Crippen MR) is 72.2 cm³/mol. The lowest BCUT2D eigenvalue weighted by Gasteiger charge is -2.06. The molecule has 3 aromatic rings. The Bertz CT molecular complexity index is 672. The minimum absolute atomic E-state index is 0.237. The largest absolute Gasteiger partial charge is 0.357 e. The topological polar surface area (TPSA) is 39.6 Å². The Morgan fingerprint density at radius 3 is 2.39 bits per heavy atom. The molecular formula is C16H12N2. The molecule has 1 unspecified atom stereocenters. The Kier molecular flexibility index (Phi) is 2.59. The normalized spacial score (nSPS) is 12.2. The van der Waals surface area contributed by atoms with Crippen molar-refractivity contribution in [3.63, 3.8) is 0 Å². The molecule has 1 aromatic heterocycles. The number of nitrogens with zero attached hydrogens (tertiary/aromatic N) is 1. The molecule has 2 nitrogen and oxygen atoms in total. The van der Waals surface area contributed by atoms with Crippen molar-refractivity contribution >= 4 is 10.9 Å². The first-order valence-electron chi connectivity index (χ1n) is 5.91. The Morgan fingerprint density at radius 1 is 0.944 bits per heavy atom. The van der Waals surface area contributed by atoms with E-state index in [4.69, 9.17) is 0 Å². The molecule has 0 amide bonds. The van der Waals surface area contributed by atoms with Crippen LogP contribution >= 0.6 is 0 Å². The third-order valence-electron chi connectivity index (χ3n) is 3.12. The Morgan fingerprint density at radius 2 is 1.67 bits per heavy atom. The molecule has 3 rings (SSSR count). The monoisotopic (exact) mass is 232 g/mol. The molecule has 1 heterocycles. The van der Waals surface area contributed by atoms with Crippen LogP contribution in [-0.4, -0.2) is 4.98 Å². The fraction of sp³-hybridized carbons (Fsp3) is 0.0625. The summed E-state index contributed by atoms with van der Waals surface area (Å²) in [6.45, 7) is 0. The number of nitriles is 1. The van der Waals surface area contributed by atoms with Crippen molar-refractivity contribution in [1.29, 1.82) is 5.26 Å². The van der Waals surface area contributed by atoms with E-state index in [-0.39, 0.29) is 5.92 Å². The van der Waals surface area contributed by atoms with Crippen LogP contribution in [-0.2, 0) is 0 Å². The van der Waals surface area contributed by atoms with Crippen LogP contribution in [0.5, 0.6) is 0 Å². The number of hydrogen-bond donors (Lipinski definition) is 1. The maximum Gasteiger partial charge on any atom is 0.111 e. The first-order valence-corrected chi connectivity index (χ1v) is 5.91. The van der Waals surface area contributed by atoms with Gasteiger partial charge in [0.1, 0.15) is 5.92 Å². The number of H-pyrrole nitrogens is 1. The van der Waals surface area contributed by atoms with Gasteiger partial charge in [-0.3, -0.25) is 0 Å². The summed E-state index contributed by atoms with van der Waals surface area (Å²) in [5.41, 5.74) is 3.04. The van der Waals surface area contributed by atoms with Gasteiger partial charge in [0.25, 0.3) is 0 Å².